The van der Waals surface area contributed by atoms with Gasteiger partial charge in [0.1, 0.15) is 5.75 Å². The number of carbonyl (C=O) groups excluding carboxylic acids is 1. The van der Waals surface area contributed by atoms with Crippen LogP contribution in [0.5, 0.6) is 5.75 Å². The highest BCUT2D eigenvalue weighted by Gasteiger charge is 2.17. The molecule has 0 aliphatic carbocycles. The highest BCUT2D eigenvalue weighted by Crippen LogP contribution is 2.23. The van der Waals surface area contributed by atoms with Gasteiger partial charge in [0.2, 0.25) is 5.91 Å². The molecule has 8 heteroatoms. The molecule has 0 bridgehead atoms. The summed E-state index contributed by atoms with van der Waals surface area (Å²) in [6.45, 7) is 5.72. The second-order valence-electron chi connectivity index (χ2n) is 7.32. The SMILES string of the molecule is COc1ccc(-c2nc3nc(C)c(CC(=O)Nc4cc(Cl)ccc4C)c(C)n3n2)cc1. The molecule has 2 aromatic carbocycles. The van der Waals surface area contributed by atoms with Crippen molar-refractivity contribution in [2.45, 2.75) is 27.2 Å². The highest BCUT2D eigenvalue weighted by molar-refractivity contribution is 6.31. The van der Waals surface area contributed by atoms with Crippen LogP contribution in [0.1, 0.15) is 22.5 Å². The van der Waals surface area contributed by atoms with Crippen LogP contribution in [-0.2, 0) is 11.2 Å². The lowest BCUT2D eigenvalue weighted by molar-refractivity contribution is -0.115. The first-order valence-electron chi connectivity index (χ1n) is 9.79. The Labute approximate surface area is 185 Å². The van der Waals surface area contributed by atoms with Crippen molar-refractivity contribution < 1.29 is 9.53 Å². The quantitative estimate of drug-likeness (QED) is 0.497. The predicted octanol–water partition coefficient (Wildman–Crippen LogP) is 4.56. The van der Waals surface area contributed by atoms with Crippen LogP contribution >= 0.6 is 11.6 Å². The first kappa shape index (κ1) is 20.8. The number of aromatic nitrogens is 4. The zero-order chi connectivity index (χ0) is 22.1. The fraction of sp³-hybridized carbons (Fsp3) is 0.217. The first-order valence-corrected chi connectivity index (χ1v) is 10.2. The van der Waals surface area contributed by atoms with Gasteiger partial charge >= 0.3 is 0 Å². The molecule has 0 fully saturated rings. The molecular weight excluding hydrogens is 414 g/mol. The minimum absolute atomic E-state index is 0.145. The number of nitrogens with zero attached hydrogens (tertiary/aromatic N) is 4. The van der Waals surface area contributed by atoms with Crippen molar-refractivity contribution in [2.24, 2.45) is 0 Å². The Kier molecular flexibility index (Phi) is 5.61. The van der Waals surface area contributed by atoms with E-state index in [2.05, 4.69) is 20.4 Å². The Morgan fingerprint density at radius 3 is 2.55 bits per heavy atom. The zero-order valence-electron chi connectivity index (χ0n) is 17.7. The van der Waals surface area contributed by atoms with Crippen molar-refractivity contribution in [3.63, 3.8) is 0 Å². The third-order valence-corrected chi connectivity index (χ3v) is 5.44. The number of aryl methyl sites for hydroxylation is 3. The van der Waals surface area contributed by atoms with Gasteiger partial charge in [-0.25, -0.2) is 9.50 Å². The third kappa shape index (κ3) is 4.22. The van der Waals surface area contributed by atoms with E-state index in [0.717, 1.165) is 33.8 Å². The molecule has 31 heavy (non-hydrogen) atoms. The van der Waals surface area contributed by atoms with E-state index >= 15 is 0 Å². The van der Waals surface area contributed by atoms with E-state index in [9.17, 15) is 4.79 Å². The standard InChI is InChI=1S/C23H22ClN5O2/c1-13-5-8-17(24)11-20(13)26-21(30)12-19-14(2)25-23-27-22(28-29(23)15(19)3)16-6-9-18(31-4)10-7-16/h5-11H,12H2,1-4H3,(H,26,30). The van der Waals surface area contributed by atoms with E-state index in [-0.39, 0.29) is 12.3 Å². The maximum atomic E-state index is 12.7. The van der Waals surface area contributed by atoms with Crippen molar-refractivity contribution in [3.8, 4) is 17.1 Å². The van der Waals surface area contributed by atoms with E-state index in [1.807, 2.05) is 51.1 Å². The second-order valence-corrected chi connectivity index (χ2v) is 7.76. The average molecular weight is 436 g/mol. The number of halogens is 1. The van der Waals surface area contributed by atoms with Crippen LogP contribution in [0.3, 0.4) is 0 Å². The van der Waals surface area contributed by atoms with Crippen molar-refractivity contribution in [1.82, 2.24) is 19.6 Å². The number of carbonyl (C=O) groups is 1. The van der Waals surface area contributed by atoms with Gasteiger partial charge in [0.25, 0.3) is 5.78 Å². The van der Waals surface area contributed by atoms with Gasteiger partial charge in [-0.15, -0.1) is 5.10 Å². The number of rotatable bonds is 5. The number of fused-ring (bicyclic) bond motifs is 1. The second kappa shape index (κ2) is 8.35. The summed E-state index contributed by atoms with van der Waals surface area (Å²) in [6.07, 6.45) is 0.171. The van der Waals surface area contributed by atoms with Crippen molar-refractivity contribution in [2.75, 3.05) is 12.4 Å². The largest absolute Gasteiger partial charge is 0.497 e. The van der Waals surface area contributed by atoms with E-state index in [4.69, 9.17) is 16.3 Å². The molecule has 7 nitrogen and oxygen atoms in total. The fourth-order valence-electron chi connectivity index (χ4n) is 3.41. The summed E-state index contributed by atoms with van der Waals surface area (Å²) in [5.41, 5.74) is 4.89. The van der Waals surface area contributed by atoms with Gasteiger partial charge < -0.3 is 10.1 Å². The molecule has 158 valence electrons. The zero-order valence-corrected chi connectivity index (χ0v) is 18.5. The predicted molar refractivity (Wildman–Crippen MR) is 121 cm³/mol. The first-order chi connectivity index (χ1) is 14.9. The van der Waals surface area contributed by atoms with Crippen LogP contribution in [0.15, 0.2) is 42.5 Å². The number of benzene rings is 2. The van der Waals surface area contributed by atoms with Gasteiger partial charge in [0.05, 0.1) is 13.5 Å². The minimum Gasteiger partial charge on any atom is -0.497 e. The number of anilines is 1. The number of ether oxygens (including phenoxy) is 1. The van der Waals surface area contributed by atoms with Crippen LogP contribution in [0.2, 0.25) is 5.02 Å². The lowest BCUT2D eigenvalue weighted by Crippen LogP contribution is -2.18. The molecule has 1 amide bonds. The topological polar surface area (TPSA) is 81.4 Å². The lowest BCUT2D eigenvalue weighted by Gasteiger charge is -2.12. The van der Waals surface area contributed by atoms with Crippen LogP contribution in [0.25, 0.3) is 17.2 Å². The van der Waals surface area contributed by atoms with Gasteiger partial charge in [0, 0.05) is 33.2 Å². The summed E-state index contributed by atoms with van der Waals surface area (Å²) in [7, 11) is 1.62. The highest BCUT2D eigenvalue weighted by atomic mass is 35.5. The van der Waals surface area contributed by atoms with Crippen LogP contribution in [-0.4, -0.2) is 32.6 Å². The molecule has 0 aliphatic rings. The number of hydrogen-bond donors (Lipinski definition) is 1. The molecule has 2 heterocycles. The van der Waals surface area contributed by atoms with Gasteiger partial charge in [-0.1, -0.05) is 17.7 Å². The van der Waals surface area contributed by atoms with E-state index in [1.165, 1.54) is 0 Å². The normalized spacial score (nSPS) is 11.0. The smallest absolute Gasteiger partial charge is 0.253 e. The molecule has 0 saturated heterocycles. The molecule has 4 rings (SSSR count). The van der Waals surface area contributed by atoms with Crippen molar-refractivity contribution >= 4 is 29.0 Å². The average Bonchev–Trinajstić information content (AvgIpc) is 3.18. The summed E-state index contributed by atoms with van der Waals surface area (Å²) in [6, 6.07) is 12.9. The minimum atomic E-state index is -0.145. The maximum Gasteiger partial charge on any atom is 0.253 e. The summed E-state index contributed by atoms with van der Waals surface area (Å²) >= 11 is 6.06. The van der Waals surface area contributed by atoms with Crippen molar-refractivity contribution in [3.05, 3.63) is 70.0 Å². The van der Waals surface area contributed by atoms with Gasteiger partial charge in [-0.3, -0.25) is 4.79 Å². The van der Waals surface area contributed by atoms with E-state index in [1.54, 1.807) is 23.8 Å². The molecule has 0 unspecified atom stereocenters. The molecule has 2 aromatic heterocycles. The Hall–Kier alpha value is -3.45. The summed E-state index contributed by atoms with van der Waals surface area (Å²) in [5, 5.41) is 8.12. The van der Waals surface area contributed by atoms with E-state index in [0.29, 0.717) is 22.3 Å². The Bertz CT molecular complexity index is 1280. The number of hydrogen-bond acceptors (Lipinski definition) is 5. The summed E-state index contributed by atoms with van der Waals surface area (Å²) in [4.78, 5) is 21.9. The molecule has 0 atom stereocenters. The van der Waals surface area contributed by atoms with Crippen molar-refractivity contribution in [1.29, 1.82) is 0 Å². The molecule has 1 N–H and O–H groups in total. The maximum absolute atomic E-state index is 12.7. The Balaban J connectivity index is 1.63. The number of methoxy groups -OCH3 is 1. The van der Waals surface area contributed by atoms with Crippen LogP contribution in [0, 0.1) is 20.8 Å². The monoisotopic (exact) mass is 435 g/mol. The summed E-state index contributed by atoms with van der Waals surface area (Å²) in [5.74, 6) is 1.68. The Morgan fingerprint density at radius 1 is 1.10 bits per heavy atom. The van der Waals surface area contributed by atoms with Gasteiger partial charge in [-0.05, 0) is 62.7 Å². The fourth-order valence-corrected chi connectivity index (χ4v) is 3.58. The number of amides is 1. The summed E-state index contributed by atoms with van der Waals surface area (Å²) < 4.78 is 6.88. The molecule has 4 aromatic rings. The molecule has 0 radical (unpaired) electrons. The van der Waals surface area contributed by atoms with Gasteiger partial charge in [-0.2, -0.15) is 4.98 Å². The molecular formula is C23H22ClN5O2. The van der Waals surface area contributed by atoms with E-state index < -0.39 is 0 Å². The third-order valence-electron chi connectivity index (χ3n) is 5.21. The van der Waals surface area contributed by atoms with Crippen LogP contribution in [0.4, 0.5) is 5.69 Å². The number of nitrogens with one attached hydrogen (secondary N) is 1. The Morgan fingerprint density at radius 2 is 1.84 bits per heavy atom. The van der Waals surface area contributed by atoms with Crippen LogP contribution < -0.4 is 10.1 Å². The molecule has 0 saturated carbocycles. The molecule has 0 aliphatic heterocycles. The van der Waals surface area contributed by atoms with Gasteiger partial charge in [0.15, 0.2) is 5.82 Å². The molecule has 0 spiro atoms. The lowest BCUT2D eigenvalue weighted by atomic mass is 10.1.